The first-order valence-electron chi connectivity index (χ1n) is 9.27. The lowest BCUT2D eigenvalue weighted by Gasteiger charge is -2.18. The van der Waals surface area contributed by atoms with Gasteiger partial charge in [-0.05, 0) is 49.7 Å². The molecule has 6 nitrogen and oxygen atoms in total. The lowest BCUT2D eigenvalue weighted by Crippen LogP contribution is -2.37. The molecule has 0 fully saturated rings. The van der Waals surface area contributed by atoms with Gasteiger partial charge in [0.15, 0.2) is 0 Å². The van der Waals surface area contributed by atoms with Crippen LogP contribution in [0.1, 0.15) is 54.8 Å². The predicted molar refractivity (Wildman–Crippen MR) is 103 cm³/mol. The van der Waals surface area contributed by atoms with Crippen LogP contribution in [0.2, 0.25) is 0 Å². The summed E-state index contributed by atoms with van der Waals surface area (Å²) in [6, 6.07) is 5.96. The summed E-state index contributed by atoms with van der Waals surface area (Å²) in [6.45, 7) is 11.5. The summed E-state index contributed by atoms with van der Waals surface area (Å²) in [5.41, 5.74) is 0.940. The summed E-state index contributed by atoms with van der Waals surface area (Å²) >= 11 is 0. The van der Waals surface area contributed by atoms with Crippen LogP contribution in [0.25, 0.3) is 0 Å². The van der Waals surface area contributed by atoms with E-state index in [-0.39, 0.29) is 11.8 Å². The number of hydrogen-bond donors (Lipinski definition) is 2. The van der Waals surface area contributed by atoms with Gasteiger partial charge in [-0.3, -0.25) is 9.59 Å². The molecule has 0 aromatic heterocycles. The van der Waals surface area contributed by atoms with Crippen molar-refractivity contribution in [1.29, 1.82) is 0 Å². The number of hydrogen-bond acceptors (Lipinski definition) is 4. The van der Waals surface area contributed by atoms with Gasteiger partial charge in [0.05, 0.1) is 6.04 Å². The summed E-state index contributed by atoms with van der Waals surface area (Å²) in [5.74, 6) is -0.154. The van der Waals surface area contributed by atoms with Crippen molar-refractivity contribution in [3.8, 4) is 0 Å². The van der Waals surface area contributed by atoms with E-state index in [9.17, 15) is 14.4 Å². The molecule has 0 saturated heterocycles. The minimum absolute atomic E-state index is 0.158. The third kappa shape index (κ3) is 7.35. The van der Waals surface area contributed by atoms with E-state index in [1.807, 2.05) is 13.8 Å². The minimum Gasteiger partial charge on any atom is -0.351 e. The molecule has 1 atom stereocenters. The molecule has 0 aliphatic heterocycles. The Morgan fingerprint density at radius 1 is 1.04 bits per heavy atom. The monoisotopic (exact) mass is 361 g/mol. The summed E-state index contributed by atoms with van der Waals surface area (Å²) in [7, 11) is 0. The van der Waals surface area contributed by atoms with Gasteiger partial charge < -0.3 is 20.3 Å². The average molecular weight is 361 g/mol. The molecule has 0 heterocycles. The van der Waals surface area contributed by atoms with Gasteiger partial charge in [0.2, 0.25) is 0 Å². The maximum atomic E-state index is 12.2. The quantitative estimate of drug-likeness (QED) is 0.592. The van der Waals surface area contributed by atoms with Crippen LogP contribution < -0.4 is 10.6 Å². The van der Waals surface area contributed by atoms with Crippen molar-refractivity contribution in [3.05, 3.63) is 35.4 Å². The van der Waals surface area contributed by atoms with Crippen LogP contribution in [0.15, 0.2) is 24.3 Å². The molecule has 26 heavy (non-hydrogen) atoms. The van der Waals surface area contributed by atoms with Crippen molar-refractivity contribution in [2.75, 3.05) is 26.2 Å². The number of benzene rings is 1. The third-order valence-corrected chi connectivity index (χ3v) is 4.22. The first-order chi connectivity index (χ1) is 12.4. The molecule has 1 rings (SSSR count). The molecule has 144 valence electrons. The second kappa shape index (κ2) is 11.4. The molecule has 0 saturated carbocycles. The maximum Gasteiger partial charge on any atom is 0.251 e. The van der Waals surface area contributed by atoms with Crippen LogP contribution in [-0.2, 0) is 4.79 Å². The minimum atomic E-state index is -0.495. The molecule has 1 aromatic carbocycles. The lowest BCUT2D eigenvalue weighted by atomic mass is 10.0. The Morgan fingerprint density at radius 2 is 1.58 bits per heavy atom. The first kappa shape index (κ1) is 21.8. The molecule has 2 amide bonds. The second-order valence-corrected chi connectivity index (χ2v) is 6.71. The van der Waals surface area contributed by atoms with Crippen molar-refractivity contribution in [2.24, 2.45) is 5.92 Å². The van der Waals surface area contributed by atoms with E-state index in [1.54, 1.807) is 24.3 Å². The molecule has 0 radical (unpaired) electrons. The SMILES string of the molecule is CCN(CC)CCNC(=O)c1ccc(C(=O)N[C@H](C=O)CC(C)C)cc1. The Bertz CT molecular complexity index is 580. The standard InChI is InChI=1S/C20H31N3O3/c1-5-23(6-2)12-11-21-19(25)16-7-9-17(10-8-16)20(26)22-18(14-24)13-15(3)4/h7-10,14-15,18H,5-6,11-13H2,1-4H3,(H,21,25)(H,22,26)/t18-/m0/s1. The Balaban J connectivity index is 2.57. The summed E-state index contributed by atoms with van der Waals surface area (Å²) in [5, 5.41) is 5.59. The maximum absolute atomic E-state index is 12.2. The summed E-state index contributed by atoms with van der Waals surface area (Å²) in [6.07, 6.45) is 1.36. The van der Waals surface area contributed by atoms with Crippen LogP contribution in [0.5, 0.6) is 0 Å². The van der Waals surface area contributed by atoms with Gasteiger partial charge >= 0.3 is 0 Å². The number of likely N-dealkylation sites (N-methyl/N-ethyl adjacent to an activating group) is 1. The highest BCUT2D eigenvalue weighted by Gasteiger charge is 2.15. The smallest absolute Gasteiger partial charge is 0.251 e. The highest BCUT2D eigenvalue weighted by Crippen LogP contribution is 2.07. The largest absolute Gasteiger partial charge is 0.351 e. The number of nitrogens with one attached hydrogen (secondary N) is 2. The zero-order valence-electron chi connectivity index (χ0n) is 16.2. The van der Waals surface area contributed by atoms with E-state index in [4.69, 9.17) is 0 Å². The fourth-order valence-electron chi connectivity index (χ4n) is 2.65. The van der Waals surface area contributed by atoms with E-state index in [1.165, 1.54) is 0 Å². The topological polar surface area (TPSA) is 78.5 Å². The first-order valence-corrected chi connectivity index (χ1v) is 9.27. The van der Waals surface area contributed by atoms with E-state index < -0.39 is 6.04 Å². The van der Waals surface area contributed by atoms with Crippen LogP contribution in [0, 0.1) is 5.92 Å². The van der Waals surface area contributed by atoms with Crippen molar-refractivity contribution in [2.45, 2.75) is 40.2 Å². The van der Waals surface area contributed by atoms with E-state index in [0.717, 1.165) is 25.9 Å². The van der Waals surface area contributed by atoms with Gasteiger partial charge in [0.1, 0.15) is 6.29 Å². The number of nitrogens with zero attached hydrogens (tertiary/aromatic N) is 1. The molecule has 0 aliphatic rings. The van der Waals surface area contributed by atoms with E-state index >= 15 is 0 Å². The zero-order chi connectivity index (χ0) is 19.5. The summed E-state index contributed by atoms with van der Waals surface area (Å²) in [4.78, 5) is 37.7. The van der Waals surface area contributed by atoms with Gasteiger partial charge in [-0.25, -0.2) is 0 Å². The number of amides is 2. The highest BCUT2D eigenvalue weighted by atomic mass is 16.2. The zero-order valence-corrected chi connectivity index (χ0v) is 16.2. The Labute approximate surface area is 156 Å². The molecule has 2 N–H and O–H groups in total. The molecular weight excluding hydrogens is 330 g/mol. The molecule has 0 bridgehead atoms. The highest BCUT2D eigenvalue weighted by molar-refractivity contribution is 5.98. The van der Waals surface area contributed by atoms with Crippen LogP contribution >= 0.6 is 0 Å². The van der Waals surface area contributed by atoms with Gasteiger partial charge in [-0.15, -0.1) is 0 Å². The lowest BCUT2D eigenvalue weighted by molar-refractivity contribution is -0.109. The van der Waals surface area contributed by atoms with Crippen molar-refractivity contribution in [1.82, 2.24) is 15.5 Å². The van der Waals surface area contributed by atoms with Crippen LogP contribution in [0.3, 0.4) is 0 Å². The molecule has 0 aliphatic carbocycles. The van der Waals surface area contributed by atoms with Gasteiger partial charge in [0.25, 0.3) is 11.8 Å². The summed E-state index contributed by atoms with van der Waals surface area (Å²) < 4.78 is 0. The average Bonchev–Trinajstić information content (AvgIpc) is 2.64. The van der Waals surface area contributed by atoms with E-state index in [2.05, 4.69) is 29.4 Å². The number of carbonyl (C=O) groups is 3. The van der Waals surface area contributed by atoms with E-state index in [0.29, 0.717) is 30.0 Å². The molecule has 1 aromatic rings. The second-order valence-electron chi connectivity index (χ2n) is 6.71. The van der Waals surface area contributed by atoms with Gasteiger partial charge in [-0.2, -0.15) is 0 Å². The van der Waals surface area contributed by atoms with Crippen molar-refractivity contribution in [3.63, 3.8) is 0 Å². The van der Waals surface area contributed by atoms with Crippen molar-refractivity contribution >= 4 is 18.1 Å². The molecule has 6 heteroatoms. The Kier molecular flexibility index (Phi) is 9.58. The molecule has 0 unspecified atom stereocenters. The number of carbonyl (C=O) groups excluding carboxylic acids is 3. The van der Waals surface area contributed by atoms with Crippen molar-refractivity contribution < 1.29 is 14.4 Å². The molecule has 0 spiro atoms. The Hall–Kier alpha value is -2.21. The van der Waals surface area contributed by atoms with Gasteiger partial charge in [0, 0.05) is 24.2 Å². The molecular formula is C20H31N3O3. The predicted octanol–water partition coefficient (Wildman–Crippen LogP) is 2.10. The fraction of sp³-hybridized carbons (Fsp3) is 0.550. The number of aldehydes is 1. The van der Waals surface area contributed by atoms with Gasteiger partial charge in [-0.1, -0.05) is 27.7 Å². The Morgan fingerprint density at radius 3 is 2.04 bits per heavy atom. The normalized spacial score (nSPS) is 12.1. The number of rotatable bonds is 11. The fourth-order valence-corrected chi connectivity index (χ4v) is 2.65. The van der Waals surface area contributed by atoms with Crippen LogP contribution in [0.4, 0.5) is 0 Å². The van der Waals surface area contributed by atoms with Crippen LogP contribution in [-0.4, -0.2) is 55.2 Å². The third-order valence-electron chi connectivity index (χ3n) is 4.22.